The summed E-state index contributed by atoms with van der Waals surface area (Å²) in [6.45, 7) is 2.71. The van der Waals surface area contributed by atoms with Gasteiger partial charge in [-0.05, 0) is 30.7 Å². The van der Waals surface area contributed by atoms with Crippen molar-refractivity contribution in [3.8, 4) is 0 Å². The van der Waals surface area contributed by atoms with E-state index in [1.165, 1.54) is 6.20 Å². The molecule has 0 saturated heterocycles. The molecule has 20 heavy (non-hydrogen) atoms. The van der Waals surface area contributed by atoms with Gasteiger partial charge in [0.1, 0.15) is 0 Å². The lowest BCUT2D eigenvalue weighted by atomic mass is 10.3. The Labute approximate surface area is 119 Å². The number of aromatic nitrogens is 1. The molecule has 1 aromatic heterocycles. The van der Waals surface area contributed by atoms with E-state index < -0.39 is 10.0 Å². The van der Waals surface area contributed by atoms with E-state index in [0.29, 0.717) is 17.9 Å². The summed E-state index contributed by atoms with van der Waals surface area (Å²) in [5.41, 5.74) is 1.03. The van der Waals surface area contributed by atoms with Crippen LogP contribution in [0.15, 0.2) is 53.7 Å². The number of rotatable bonds is 6. The van der Waals surface area contributed by atoms with Crippen molar-refractivity contribution in [1.82, 2.24) is 4.98 Å². The zero-order chi connectivity index (χ0) is 14.4. The Bertz CT molecular complexity index is 657. The van der Waals surface area contributed by atoms with Crippen molar-refractivity contribution < 1.29 is 8.42 Å². The highest BCUT2D eigenvalue weighted by Gasteiger charge is 2.19. The molecule has 0 atom stereocenters. The minimum Gasteiger partial charge on any atom is -0.383 e. The second-order valence-corrected chi connectivity index (χ2v) is 5.85. The van der Waals surface area contributed by atoms with Gasteiger partial charge in [-0.3, -0.25) is 4.72 Å². The summed E-state index contributed by atoms with van der Waals surface area (Å²) in [5.74, 6) is 0. The minimum absolute atomic E-state index is 0.0114. The molecule has 106 valence electrons. The fourth-order valence-corrected chi connectivity index (χ4v) is 2.88. The topological polar surface area (TPSA) is 71.1 Å². The highest BCUT2D eigenvalue weighted by Crippen LogP contribution is 2.21. The quantitative estimate of drug-likeness (QED) is 0.858. The van der Waals surface area contributed by atoms with Crippen LogP contribution in [-0.4, -0.2) is 19.9 Å². The summed E-state index contributed by atoms with van der Waals surface area (Å²) in [5, 5.41) is 3.08. The minimum atomic E-state index is -3.70. The summed E-state index contributed by atoms with van der Waals surface area (Å²) in [6.07, 6.45) is 2.37. The third-order valence-electron chi connectivity index (χ3n) is 2.62. The van der Waals surface area contributed by atoms with Crippen LogP contribution in [0.3, 0.4) is 0 Å². The number of benzene rings is 1. The van der Waals surface area contributed by atoms with Gasteiger partial charge in [-0.15, -0.1) is 0 Å². The van der Waals surface area contributed by atoms with Crippen molar-refractivity contribution in [3.63, 3.8) is 0 Å². The van der Waals surface area contributed by atoms with E-state index in [4.69, 9.17) is 0 Å². The number of hydrogen-bond acceptors (Lipinski definition) is 4. The Balaban J connectivity index is 2.30. The summed E-state index contributed by atoms with van der Waals surface area (Å²) in [7, 11) is -3.70. The van der Waals surface area contributed by atoms with Gasteiger partial charge in [-0.25, -0.2) is 4.98 Å². The number of hydrogen-bond donors (Lipinski definition) is 2. The largest absolute Gasteiger partial charge is 0.383 e. The Kier molecular flexibility index (Phi) is 4.57. The van der Waals surface area contributed by atoms with Gasteiger partial charge in [0.05, 0.1) is 5.69 Å². The summed E-state index contributed by atoms with van der Waals surface area (Å²) >= 11 is 0. The highest BCUT2D eigenvalue weighted by atomic mass is 32.2. The van der Waals surface area contributed by atoms with Gasteiger partial charge in [0.2, 0.25) is 0 Å². The summed E-state index contributed by atoms with van der Waals surface area (Å²) < 4.78 is 27.3. The van der Waals surface area contributed by atoms with Crippen LogP contribution >= 0.6 is 0 Å². The molecule has 0 spiro atoms. The fraction of sp³-hybridized carbons (Fsp3) is 0.214. The second kappa shape index (κ2) is 6.38. The molecular formula is C14H17N3O2S. The zero-order valence-corrected chi connectivity index (χ0v) is 12.0. The average molecular weight is 291 g/mol. The van der Waals surface area contributed by atoms with Crippen LogP contribution < -0.4 is 10.0 Å². The van der Waals surface area contributed by atoms with Crippen molar-refractivity contribution in [2.24, 2.45) is 0 Å². The van der Waals surface area contributed by atoms with Crippen LogP contribution in [-0.2, 0) is 10.0 Å². The lowest BCUT2D eigenvalue weighted by Gasteiger charge is -2.12. The lowest BCUT2D eigenvalue weighted by molar-refractivity contribution is 0.598. The molecule has 5 nitrogen and oxygen atoms in total. The molecule has 1 heterocycles. The van der Waals surface area contributed by atoms with Crippen molar-refractivity contribution in [3.05, 3.63) is 48.7 Å². The van der Waals surface area contributed by atoms with Crippen molar-refractivity contribution in [1.29, 1.82) is 0 Å². The number of para-hydroxylation sites is 1. The van der Waals surface area contributed by atoms with Crippen LogP contribution in [0.1, 0.15) is 13.3 Å². The first-order valence-electron chi connectivity index (χ1n) is 6.40. The van der Waals surface area contributed by atoms with Gasteiger partial charge in [0.15, 0.2) is 5.03 Å². The van der Waals surface area contributed by atoms with E-state index in [2.05, 4.69) is 15.0 Å². The highest BCUT2D eigenvalue weighted by molar-refractivity contribution is 7.92. The Morgan fingerprint density at radius 2 is 1.85 bits per heavy atom. The molecule has 0 amide bonds. The molecule has 0 bridgehead atoms. The van der Waals surface area contributed by atoms with Crippen LogP contribution in [0.25, 0.3) is 0 Å². The van der Waals surface area contributed by atoms with E-state index in [1.54, 1.807) is 36.4 Å². The summed E-state index contributed by atoms with van der Waals surface area (Å²) in [4.78, 5) is 3.99. The fourth-order valence-electron chi connectivity index (χ4n) is 1.71. The third kappa shape index (κ3) is 3.48. The second-order valence-electron chi connectivity index (χ2n) is 4.25. The van der Waals surface area contributed by atoms with E-state index in [-0.39, 0.29) is 5.03 Å². The van der Waals surface area contributed by atoms with Crippen LogP contribution in [0.5, 0.6) is 0 Å². The molecule has 0 aliphatic carbocycles. The molecule has 0 aliphatic heterocycles. The first-order chi connectivity index (χ1) is 9.63. The standard InChI is InChI=1S/C14H17N3O2S/c1-2-10-15-13-9-6-11-16-14(13)20(18,19)17-12-7-4-3-5-8-12/h3-9,11,15,17H,2,10H2,1H3. The zero-order valence-electron chi connectivity index (χ0n) is 11.2. The van der Waals surface area contributed by atoms with Crippen molar-refractivity contribution >= 4 is 21.4 Å². The van der Waals surface area contributed by atoms with E-state index in [0.717, 1.165) is 6.42 Å². The number of sulfonamides is 1. The Hall–Kier alpha value is -2.08. The van der Waals surface area contributed by atoms with Gasteiger partial charge in [-0.2, -0.15) is 8.42 Å². The van der Waals surface area contributed by atoms with Gasteiger partial charge in [-0.1, -0.05) is 25.1 Å². The van der Waals surface area contributed by atoms with Crippen LogP contribution in [0.4, 0.5) is 11.4 Å². The molecule has 0 unspecified atom stereocenters. The van der Waals surface area contributed by atoms with Crippen molar-refractivity contribution in [2.45, 2.75) is 18.4 Å². The Morgan fingerprint density at radius 3 is 2.55 bits per heavy atom. The maximum atomic E-state index is 12.4. The van der Waals surface area contributed by atoms with Gasteiger partial charge < -0.3 is 5.32 Å². The first-order valence-corrected chi connectivity index (χ1v) is 7.88. The summed E-state index contributed by atoms with van der Waals surface area (Å²) in [6, 6.07) is 12.2. The molecule has 1 aromatic carbocycles. The van der Waals surface area contributed by atoms with Gasteiger partial charge in [0.25, 0.3) is 10.0 Å². The normalized spacial score (nSPS) is 11.1. The average Bonchev–Trinajstić information content (AvgIpc) is 2.46. The molecule has 0 saturated carbocycles. The Morgan fingerprint density at radius 1 is 1.10 bits per heavy atom. The SMILES string of the molecule is CCCNc1cccnc1S(=O)(=O)Nc1ccccc1. The number of pyridine rings is 1. The third-order valence-corrected chi connectivity index (χ3v) is 3.96. The van der Waals surface area contributed by atoms with Crippen molar-refractivity contribution in [2.75, 3.05) is 16.6 Å². The predicted octanol–water partition coefficient (Wildman–Crippen LogP) is 2.70. The van der Waals surface area contributed by atoms with Crippen LogP contribution in [0.2, 0.25) is 0 Å². The molecule has 2 N–H and O–H groups in total. The van der Waals surface area contributed by atoms with E-state index in [9.17, 15) is 8.42 Å². The van der Waals surface area contributed by atoms with Gasteiger partial charge >= 0.3 is 0 Å². The van der Waals surface area contributed by atoms with Gasteiger partial charge in [0, 0.05) is 18.4 Å². The smallest absolute Gasteiger partial charge is 0.281 e. The lowest BCUT2D eigenvalue weighted by Crippen LogP contribution is -2.17. The molecule has 0 fully saturated rings. The molecule has 0 radical (unpaired) electrons. The number of nitrogens with zero attached hydrogens (tertiary/aromatic N) is 1. The molecule has 2 aromatic rings. The van der Waals surface area contributed by atoms with E-state index >= 15 is 0 Å². The van der Waals surface area contributed by atoms with Crippen LogP contribution in [0, 0.1) is 0 Å². The maximum Gasteiger partial charge on any atom is 0.281 e. The molecular weight excluding hydrogens is 274 g/mol. The number of anilines is 2. The van der Waals surface area contributed by atoms with E-state index in [1.807, 2.05) is 13.0 Å². The molecule has 0 aliphatic rings. The number of nitrogens with one attached hydrogen (secondary N) is 2. The molecule has 6 heteroatoms. The maximum absolute atomic E-state index is 12.4. The first kappa shape index (κ1) is 14.3. The predicted molar refractivity (Wildman–Crippen MR) is 80.3 cm³/mol. The molecule has 2 rings (SSSR count). The monoisotopic (exact) mass is 291 g/mol.